The smallest absolute Gasteiger partial charge is 0.223 e. The molecule has 1 amide bonds. The normalized spacial score (nSPS) is 12.2. The van der Waals surface area contributed by atoms with Gasteiger partial charge in [-0.25, -0.2) is 0 Å². The first-order chi connectivity index (χ1) is 15.2. The predicted octanol–water partition coefficient (Wildman–Crippen LogP) is 3.12. The van der Waals surface area contributed by atoms with Crippen LogP contribution in [0.15, 0.2) is 0 Å². The number of hydrogen-bond donors (Lipinski definition) is 5. The second-order valence-electron chi connectivity index (χ2n) is 8.49. The molecule has 6 nitrogen and oxygen atoms in total. The van der Waals surface area contributed by atoms with Crippen molar-refractivity contribution >= 4 is 17.7 Å². The summed E-state index contributed by atoms with van der Waals surface area (Å²) in [5.41, 5.74) is 5.42. The molecule has 6 N–H and O–H groups in total. The topological polar surface area (TPSA) is 91.2 Å². The summed E-state index contributed by atoms with van der Waals surface area (Å²) in [4.78, 5) is 12.2. The van der Waals surface area contributed by atoms with Crippen LogP contribution in [0.5, 0.6) is 0 Å². The summed E-state index contributed by atoms with van der Waals surface area (Å²) in [6.07, 6.45) is 13.8. The second kappa shape index (κ2) is 25.9. The summed E-state index contributed by atoms with van der Waals surface area (Å²) in [5.74, 6) is 2.39. The summed E-state index contributed by atoms with van der Waals surface area (Å²) in [5, 5.41) is 13.0. The SMILES string of the molecule is CCCCCCCCCCCCSCC(C)C(=O)NCCNCCNCCNCCN. The zero-order valence-electron chi connectivity index (χ0n) is 20.6. The molecular formula is C24H53N5OS. The van der Waals surface area contributed by atoms with Gasteiger partial charge in [-0.15, -0.1) is 0 Å². The molecule has 0 bridgehead atoms. The van der Waals surface area contributed by atoms with Crippen molar-refractivity contribution in [2.24, 2.45) is 11.7 Å². The third-order valence-electron chi connectivity index (χ3n) is 5.34. The van der Waals surface area contributed by atoms with Crippen molar-refractivity contribution in [1.29, 1.82) is 0 Å². The number of rotatable bonds is 25. The molecule has 0 fully saturated rings. The van der Waals surface area contributed by atoms with E-state index in [4.69, 9.17) is 5.73 Å². The minimum atomic E-state index is 0.0933. The van der Waals surface area contributed by atoms with E-state index in [1.54, 1.807) is 0 Å². The van der Waals surface area contributed by atoms with E-state index in [-0.39, 0.29) is 11.8 Å². The number of amides is 1. The molecule has 0 spiro atoms. The molecule has 7 heteroatoms. The van der Waals surface area contributed by atoms with Crippen LogP contribution in [0.2, 0.25) is 0 Å². The van der Waals surface area contributed by atoms with Crippen molar-refractivity contribution in [3.63, 3.8) is 0 Å². The number of thioether (sulfide) groups is 1. The average Bonchev–Trinajstić information content (AvgIpc) is 2.77. The highest BCUT2D eigenvalue weighted by Crippen LogP contribution is 2.14. The summed E-state index contributed by atoms with van der Waals surface area (Å²) in [6, 6.07) is 0. The average molecular weight is 460 g/mol. The first kappa shape index (κ1) is 30.7. The molecule has 0 saturated carbocycles. The fraction of sp³-hybridized carbons (Fsp3) is 0.958. The fourth-order valence-electron chi connectivity index (χ4n) is 3.31. The Morgan fingerprint density at radius 1 is 0.742 bits per heavy atom. The van der Waals surface area contributed by atoms with Gasteiger partial charge in [0.1, 0.15) is 0 Å². The zero-order chi connectivity index (χ0) is 22.8. The van der Waals surface area contributed by atoms with Crippen LogP contribution in [-0.4, -0.2) is 69.8 Å². The summed E-state index contributed by atoms with van der Waals surface area (Å²) in [7, 11) is 0. The van der Waals surface area contributed by atoms with Crippen molar-refractivity contribution in [2.45, 2.75) is 78.1 Å². The highest BCUT2D eigenvalue weighted by atomic mass is 32.2. The van der Waals surface area contributed by atoms with E-state index < -0.39 is 0 Å². The van der Waals surface area contributed by atoms with Crippen molar-refractivity contribution in [3.8, 4) is 0 Å². The number of hydrogen-bond acceptors (Lipinski definition) is 6. The first-order valence-corrected chi connectivity index (χ1v) is 14.1. The van der Waals surface area contributed by atoms with E-state index in [0.29, 0.717) is 13.1 Å². The summed E-state index contributed by atoms with van der Waals surface area (Å²) < 4.78 is 0. The standard InChI is InChI=1S/C24H53N5OS/c1-3-4-5-6-7-8-9-10-11-12-21-31-22-23(2)24(30)29-20-19-28-18-17-27-16-15-26-14-13-25/h23,26-28H,3-22,25H2,1-2H3,(H,29,30). The molecule has 0 aliphatic carbocycles. The van der Waals surface area contributed by atoms with E-state index in [2.05, 4.69) is 28.2 Å². The minimum Gasteiger partial charge on any atom is -0.355 e. The Hall–Kier alpha value is -0.340. The van der Waals surface area contributed by atoms with Gasteiger partial charge in [0.15, 0.2) is 0 Å². The number of carbonyl (C=O) groups is 1. The molecule has 0 aromatic rings. The van der Waals surface area contributed by atoms with E-state index in [1.165, 1.54) is 70.0 Å². The highest BCUT2D eigenvalue weighted by Gasteiger charge is 2.11. The van der Waals surface area contributed by atoms with E-state index >= 15 is 0 Å². The van der Waals surface area contributed by atoms with Crippen LogP contribution in [-0.2, 0) is 4.79 Å². The maximum atomic E-state index is 12.2. The van der Waals surface area contributed by atoms with Crippen molar-refractivity contribution < 1.29 is 4.79 Å². The largest absolute Gasteiger partial charge is 0.355 e. The molecule has 0 aromatic heterocycles. The van der Waals surface area contributed by atoms with Gasteiger partial charge in [0.2, 0.25) is 5.91 Å². The minimum absolute atomic E-state index is 0.0933. The molecule has 0 saturated heterocycles. The zero-order valence-corrected chi connectivity index (χ0v) is 21.4. The Balaban J connectivity index is 3.30. The quantitative estimate of drug-likeness (QED) is 0.135. The molecule has 186 valence electrons. The van der Waals surface area contributed by atoms with E-state index in [9.17, 15) is 4.79 Å². The molecule has 31 heavy (non-hydrogen) atoms. The second-order valence-corrected chi connectivity index (χ2v) is 9.64. The Morgan fingerprint density at radius 2 is 1.23 bits per heavy atom. The Labute approximate surface area is 197 Å². The van der Waals surface area contributed by atoms with Gasteiger partial charge >= 0.3 is 0 Å². The monoisotopic (exact) mass is 459 g/mol. The summed E-state index contributed by atoms with van der Waals surface area (Å²) >= 11 is 1.93. The number of nitrogens with one attached hydrogen (secondary N) is 4. The molecule has 0 rings (SSSR count). The van der Waals surface area contributed by atoms with Crippen molar-refractivity contribution in [1.82, 2.24) is 21.3 Å². The molecule has 0 aromatic carbocycles. The molecule has 0 radical (unpaired) electrons. The highest BCUT2D eigenvalue weighted by molar-refractivity contribution is 7.99. The van der Waals surface area contributed by atoms with Gasteiger partial charge in [0, 0.05) is 64.0 Å². The lowest BCUT2D eigenvalue weighted by molar-refractivity contribution is -0.123. The maximum absolute atomic E-state index is 12.2. The molecular weight excluding hydrogens is 406 g/mol. The third kappa shape index (κ3) is 24.1. The fourth-order valence-corrected chi connectivity index (χ4v) is 4.39. The summed E-state index contributed by atoms with van der Waals surface area (Å²) in [6.45, 7) is 11.1. The number of nitrogens with two attached hydrogens (primary N) is 1. The number of unbranched alkanes of at least 4 members (excludes halogenated alkanes) is 9. The van der Waals surface area contributed by atoms with Crippen molar-refractivity contribution in [3.05, 3.63) is 0 Å². The van der Waals surface area contributed by atoms with E-state index in [0.717, 1.165) is 45.0 Å². The van der Waals surface area contributed by atoms with Gasteiger partial charge in [0.05, 0.1) is 0 Å². The lowest BCUT2D eigenvalue weighted by Crippen LogP contribution is -2.38. The molecule has 0 aliphatic heterocycles. The van der Waals surface area contributed by atoms with Gasteiger partial charge in [0.25, 0.3) is 0 Å². The van der Waals surface area contributed by atoms with Gasteiger partial charge in [-0.05, 0) is 12.2 Å². The Bertz CT molecular complexity index is 374. The maximum Gasteiger partial charge on any atom is 0.223 e. The first-order valence-electron chi connectivity index (χ1n) is 12.9. The van der Waals surface area contributed by atoms with Crippen LogP contribution in [0, 0.1) is 5.92 Å². The van der Waals surface area contributed by atoms with E-state index in [1.807, 2.05) is 18.7 Å². The van der Waals surface area contributed by atoms with Crippen LogP contribution in [0.4, 0.5) is 0 Å². The predicted molar refractivity (Wildman–Crippen MR) is 139 cm³/mol. The van der Waals surface area contributed by atoms with Crippen LogP contribution in [0.1, 0.15) is 78.1 Å². The Kier molecular flexibility index (Phi) is 25.6. The lowest BCUT2D eigenvalue weighted by Gasteiger charge is -2.12. The molecule has 0 heterocycles. The third-order valence-corrected chi connectivity index (χ3v) is 6.65. The molecule has 1 atom stereocenters. The van der Waals surface area contributed by atoms with Crippen LogP contribution >= 0.6 is 11.8 Å². The van der Waals surface area contributed by atoms with Crippen molar-refractivity contribution in [2.75, 3.05) is 63.9 Å². The lowest BCUT2D eigenvalue weighted by atomic mass is 10.1. The van der Waals surface area contributed by atoms with Gasteiger partial charge < -0.3 is 27.0 Å². The molecule has 1 unspecified atom stereocenters. The van der Waals surface area contributed by atoms with Gasteiger partial charge in [-0.2, -0.15) is 11.8 Å². The Morgan fingerprint density at radius 3 is 1.77 bits per heavy atom. The molecule has 0 aliphatic rings. The van der Waals surface area contributed by atoms with Gasteiger partial charge in [-0.3, -0.25) is 4.79 Å². The van der Waals surface area contributed by atoms with Crippen LogP contribution in [0.25, 0.3) is 0 Å². The van der Waals surface area contributed by atoms with Crippen LogP contribution < -0.4 is 27.0 Å². The van der Waals surface area contributed by atoms with Gasteiger partial charge in [-0.1, -0.05) is 71.6 Å². The number of carbonyl (C=O) groups excluding carboxylic acids is 1. The van der Waals surface area contributed by atoms with Crippen LogP contribution in [0.3, 0.4) is 0 Å².